The molecule has 7 heteroatoms. The topological polar surface area (TPSA) is 60.0 Å². The zero-order valence-corrected chi connectivity index (χ0v) is 15.2. The van der Waals surface area contributed by atoms with Gasteiger partial charge in [0, 0.05) is 47.0 Å². The first-order valence-corrected chi connectivity index (χ1v) is 8.56. The Morgan fingerprint density at radius 1 is 1.24 bits per heavy atom. The van der Waals surface area contributed by atoms with Crippen molar-refractivity contribution < 1.29 is 0 Å². The van der Waals surface area contributed by atoms with Crippen LogP contribution in [0.4, 0.5) is 5.82 Å². The minimum absolute atomic E-state index is 0.616. The van der Waals surface area contributed by atoms with Crippen molar-refractivity contribution in [2.75, 3.05) is 11.9 Å². The zero-order valence-electron chi connectivity index (χ0n) is 14.4. The highest BCUT2D eigenvalue weighted by atomic mass is 35.5. The number of anilines is 1. The van der Waals surface area contributed by atoms with Gasteiger partial charge in [0.1, 0.15) is 12.1 Å². The molecule has 0 saturated heterocycles. The summed E-state index contributed by atoms with van der Waals surface area (Å²) in [4.78, 5) is 8.63. The van der Waals surface area contributed by atoms with E-state index in [2.05, 4.69) is 37.2 Å². The van der Waals surface area contributed by atoms with Gasteiger partial charge in [0.2, 0.25) is 0 Å². The second-order valence-corrected chi connectivity index (χ2v) is 6.68. The lowest BCUT2D eigenvalue weighted by Gasteiger charge is -2.12. The SMILES string of the molecule is Cc1nc2ncnn2c(NCCc2cn(C)c3cc(Cl)ccc23)c1C. The predicted molar refractivity (Wildman–Crippen MR) is 100 cm³/mol. The van der Waals surface area contributed by atoms with E-state index in [9.17, 15) is 0 Å². The van der Waals surface area contributed by atoms with Gasteiger partial charge in [0.15, 0.2) is 0 Å². The molecule has 0 radical (unpaired) electrons. The molecule has 0 amide bonds. The summed E-state index contributed by atoms with van der Waals surface area (Å²) >= 11 is 6.11. The first-order chi connectivity index (χ1) is 12.0. The first-order valence-electron chi connectivity index (χ1n) is 8.19. The highest BCUT2D eigenvalue weighted by Gasteiger charge is 2.11. The minimum atomic E-state index is 0.616. The van der Waals surface area contributed by atoms with Gasteiger partial charge in [-0.05, 0) is 38.0 Å². The lowest BCUT2D eigenvalue weighted by Crippen LogP contribution is -2.12. The van der Waals surface area contributed by atoms with E-state index in [1.807, 2.05) is 33.0 Å². The van der Waals surface area contributed by atoms with Crippen molar-refractivity contribution in [1.29, 1.82) is 0 Å². The van der Waals surface area contributed by atoms with Crippen LogP contribution in [0.3, 0.4) is 0 Å². The third-order valence-electron chi connectivity index (χ3n) is 4.63. The van der Waals surface area contributed by atoms with Crippen molar-refractivity contribution >= 4 is 34.1 Å². The number of nitrogens with one attached hydrogen (secondary N) is 1. The van der Waals surface area contributed by atoms with Gasteiger partial charge in [-0.15, -0.1) is 0 Å². The zero-order chi connectivity index (χ0) is 17.6. The average molecular weight is 355 g/mol. The van der Waals surface area contributed by atoms with Crippen LogP contribution in [-0.4, -0.2) is 30.7 Å². The summed E-state index contributed by atoms with van der Waals surface area (Å²) in [5, 5.41) is 9.77. The van der Waals surface area contributed by atoms with E-state index in [1.54, 1.807) is 4.52 Å². The van der Waals surface area contributed by atoms with E-state index in [0.29, 0.717) is 5.78 Å². The third kappa shape index (κ3) is 2.72. The maximum atomic E-state index is 6.11. The Kier molecular flexibility index (Phi) is 3.84. The molecule has 0 bridgehead atoms. The quantitative estimate of drug-likeness (QED) is 0.609. The minimum Gasteiger partial charge on any atom is -0.369 e. The van der Waals surface area contributed by atoms with Gasteiger partial charge >= 0.3 is 0 Å². The van der Waals surface area contributed by atoms with Gasteiger partial charge in [0.25, 0.3) is 5.78 Å². The number of benzene rings is 1. The van der Waals surface area contributed by atoms with Gasteiger partial charge in [-0.25, -0.2) is 4.98 Å². The molecule has 3 heterocycles. The fraction of sp³-hybridized carbons (Fsp3) is 0.278. The summed E-state index contributed by atoms with van der Waals surface area (Å²) in [5.41, 5.74) is 4.49. The maximum Gasteiger partial charge on any atom is 0.254 e. The molecule has 0 fully saturated rings. The molecule has 128 valence electrons. The van der Waals surface area contributed by atoms with Crippen LogP contribution in [0.2, 0.25) is 5.02 Å². The fourth-order valence-corrected chi connectivity index (χ4v) is 3.36. The van der Waals surface area contributed by atoms with Crippen LogP contribution in [0.25, 0.3) is 16.7 Å². The number of hydrogen-bond acceptors (Lipinski definition) is 4. The molecule has 4 rings (SSSR count). The molecule has 4 aromatic rings. The molecular weight excluding hydrogens is 336 g/mol. The molecule has 3 aromatic heterocycles. The Bertz CT molecular complexity index is 1080. The third-order valence-corrected chi connectivity index (χ3v) is 4.86. The Labute approximate surface area is 150 Å². The average Bonchev–Trinajstić information content (AvgIpc) is 3.16. The number of fused-ring (bicyclic) bond motifs is 2. The van der Waals surface area contributed by atoms with Crippen molar-refractivity contribution in [2.45, 2.75) is 20.3 Å². The van der Waals surface area contributed by atoms with E-state index in [0.717, 1.165) is 40.6 Å². The Morgan fingerprint density at radius 2 is 2.08 bits per heavy atom. The molecule has 0 aliphatic carbocycles. The molecule has 0 spiro atoms. The molecule has 0 atom stereocenters. The smallest absolute Gasteiger partial charge is 0.254 e. The predicted octanol–water partition coefficient (Wildman–Crippen LogP) is 3.54. The summed E-state index contributed by atoms with van der Waals surface area (Å²) in [7, 11) is 2.05. The normalized spacial score (nSPS) is 11.5. The summed E-state index contributed by atoms with van der Waals surface area (Å²) in [6, 6.07) is 6.03. The van der Waals surface area contributed by atoms with Gasteiger partial charge < -0.3 is 9.88 Å². The number of halogens is 1. The number of aromatic nitrogens is 5. The summed E-state index contributed by atoms with van der Waals surface area (Å²) in [6.07, 6.45) is 4.59. The van der Waals surface area contributed by atoms with Crippen LogP contribution in [0.5, 0.6) is 0 Å². The van der Waals surface area contributed by atoms with Gasteiger partial charge in [-0.1, -0.05) is 17.7 Å². The number of hydrogen-bond donors (Lipinski definition) is 1. The second kappa shape index (κ2) is 6.04. The van der Waals surface area contributed by atoms with Gasteiger partial charge in [-0.2, -0.15) is 14.6 Å². The molecule has 0 saturated carbocycles. The monoisotopic (exact) mass is 354 g/mol. The Morgan fingerprint density at radius 3 is 2.92 bits per heavy atom. The van der Waals surface area contributed by atoms with Crippen molar-refractivity contribution in [2.24, 2.45) is 7.05 Å². The van der Waals surface area contributed by atoms with Crippen LogP contribution in [-0.2, 0) is 13.5 Å². The molecular formula is C18H19ClN6. The maximum absolute atomic E-state index is 6.11. The second-order valence-electron chi connectivity index (χ2n) is 6.25. The molecule has 25 heavy (non-hydrogen) atoms. The van der Waals surface area contributed by atoms with E-state index in [-0.39, 0.29) is 0 Å². The van der Waals surface area contributed by atoms with Gasteiger partial charge in [-0.3, -0.25) is 0 Å². The summed E-state index contributed by atoms with van der Waals surface area (Å²) < 4.78 is 3.87. The highest BCUT2D eigenvalue weighted by Crippen LogP contribution is 2.25. The standard InChI is InChI=1S/C18H19ClN6/c1-11-12(2)23-18-21-10-22-25(18)17(11)20-7-6-13-9-24(3)16-8-14(19)4-5-15(13)16/h4-5,8-10,20H,6-7H2,1-3H3. The van der Waals surface area contributed by atoms with Crippen molar-refractivity contribution in [1.82, 2.24) is 24.1 Å². The largest absolute Gasteiger partial charge is 0.369 e. The van der Waals surface area contributed by atoms with E-state index in [4.69, 9.17) is 11.6 Å². The molecule has 0 unspecified atom stereocenters. The highest BCUT2D eigenvalue weighted by molar-refractivity contribution is 6.31. The van der Waals surface area contributed by atoms with E-state index < -0.39 is 0 Å². The lowest BCUT2D eigenvalue weighted by molar-refractivity contribution is 0.891. The van der Waals surface area contributed by atoms with Crippen LogP contribution in [0.15, 0.2) is 30.7 Å². The molecule has 1 N–H and O–H groups in total. The number of aryl methyl sites for hydroxylation is 2. The van der Waals surface area contributed by atoms with Crippen molar-refractivity contribution in [3.8, 4) is 0 Å². The van der Waals surface area contributed by atoms with Crippen LogP contribution in [0, 0.1) is 13.8 Å². The Hall–Kier alpha value is -2.60. The van der Waals surface area contributed by atoms with Crippen molar-refractivity contribution in [3.05, 3.63) is 52.6 Å². The van der Waals surface area contributed by atoms with Crippen LogP contribution in [0.1, 0.15) is 16.8 Å². The molecule has 6 nitrogen and oxygen atoms in total. The summed E-state index contributed by atoms with van der Waals surface area (Å²) in [6.45, 7) is 4.83. The molecule has 0 aliphatic rings. The van der Waals surface area contributed by atoms with Crippen LogP contribution < -0.4 is 5.32 Å². The summed E-state index contributed by atoms with van der Waals surface area (Å²) in [5.74, 6) is 1.56. The number of nitrogens with zero attached hydrogens (tertiary/aromatic N) is 5. The molecule has 0 aliphatic heterocycles. The number of rotatable bonds is 4. The fourth-order valence-electron chi connectivity index (χ4n) is 3.20. The Balaban J connectivity index is 1.60. The molecule has 1 aromatic carbocycles. The van der Waals surface area contributed by atoms with Crippen molar-refractivity contribution in [3.63, 3.8) is 0 Å². The lowest BCUT2D eigenvalue weighted by atomic mass is 10.1. The first kappa shape index (κ1) is 15.9. The van der Waals surface area contributed by atoms with E-state index in [1.165, 1.54) is 17.3 Å². The van der Waals surface area contributed by atoms with Crippen LogP contribution >= 0.6 is 11.6 Å². The van der Waals surface area contributed by atoms with Gasteiger partial charge in [0.05, 0.1) is 0 Å². The van der Waals surface area contributed by atoms with E-state index >= 15 is 0 Å².